The Balaban J connectivity index is 0.00000261. The Kier molecular flexibility index (Phi) is 8.23. The maximum atomic E-state index is 12.9. The van der Waals surface area contributed by atoms with E-state index in [1.807, 2.05) is 30.3 Å². The van der Waals surface area contributed by atoms with E-state index in [1.54, 1.807) is 19.1 Å². The molecule has 2 aromatic carbocycles. The molecule has 146 valence electrons. The van der Waals surface area contributed by atoms with Gasteiger partial charge >= 0.3 is 0 Å². The molecule has 1 heterocycles. The number of benzene rings is 2. The van der Waals surface area contributed by atoms with Crippen LogP contribution in [0.2, 0.25) is 0 Å². The van der Waals surface area contributed by atoms with Gasteiger partial charge in [0.05, 0.1) is 6.04 Å². The Morgan fingerprint density at radius 3 is 2.26 bits per heavy atom. The molecule has 0 spiro atoms. The van der Waals surface area contributed by atoms with Gasteiger partial charge in [-0.05, 0) is 36.8 Å². The predicted molar refractivity (Wildman–Crippen MR) is 107 cm³/mol. The molecule has 0 N–H and O–H groups in total. The lowest BCUT2D eigenvalue weighted by Crippen LogP contribution is -2.49. The first-order valence-electron chi connectivity index (χ1n) is 9.03. The molecule has 4 nitrogen and oxygen atoms in total. The predicted octanol–water partition coefficient (Wildman–Crippen LogP) is 3.57. The molecule has 1 fully saturated rings. The highest BCUT2D eigenvalue weighted by Gasteiger charge is 2.27. The third-order valence-electron chi connectivity index (χ3n) is 4.76. The third kappa shape index (κ3) is 6.03. The number of halogens is 2. The molecule has 0 saturated carbocycles. The van der Waals surface area contributed by atoms with Gasteiger partial charge in [0.1, 0.15) is 18.2 Å². The van der Waals surface area contributed by atoms with Crippen molar-refractivity contribution in [2.24, 2.45) is 0 Å². The standard InChI is InChI=1S/C21H25FN2O2.ClH/c1-17(25)21(18-5-3-2-4-6-18)24-13-11-23(12-14-24)15-16-26-20-9-7-19(22)8-10-20;/h2-10,21H,11-16H2,1H3;1H. The van der Waals surface area contributed by atoms with Crippen LogP contribution in [0, 0.1) is 5.82 Å². The van der Waals surface area contributed by atoms with Crippen LogP contribution in [0.5, 0.6) is 5.75 Å². The molecule has 0 amide bonds. The monoisotopic (exact) mass is 392 g/mol. The molecule has 1 saturated heterocycles. The first kappa shape index (κ1) is 21.4. The number of carbonyl (C=O) groups excluding carboxylic acids is 1. The zero-order valence-electron chi connectivity index (χ0n) is 15.5. The number of Topliss-reactive ketones (excluding diaryl/α,β-unsaturated/α-hetero) is 1. The van der Waals surface area contributed by atoms with E-state index in [4.69, 9.17) is 4.74 Å². The Morgan fingerprint density at radius 1 is 1.04 bits per heavy atom. The second-order valence-corrected chi connectivity index (χ2v) is 6.60. The third-order valence-corrected chi connectivity index (χ3v) is 4.76. The van der Waals surface area contributed by atoms with Crippen LogP contribution in [0.15, 0.2) is 54.6 Å². The maximum absolute atomic E-state index is 12.9. The minimum absolute atomic E-state index is 0. The van der Waals surface area contributed by atoms with Gasteiger partial charge in [-0.25, -0.2) is 4.39 Å². The van der Waals surface area contributed by atoms with E-state index in [9.17, 15) is 9.18 Å². The minimum Gasteiger partial charge on any atom is -0.492 e. The van der Waals surface area contributed by atoms with Gasteiger partial charge in [-0.1, -0.05) is 30.3 Å². The average molecular weight is 393 g/mol. The second-order valence-electron chi connectivity index (χ2n) is 6.60. The maximum Gasteiger partial charge on any atom is 0.151 e. The van der Waals surface area contributed by atoms with Crippen molar-refractivity contribution in [2.75, 3.05) is 39.3 Å². The number of ether oxygens (including phenoxy) is 1. The molecule has 0 aromatic heterocycles. The summed E-state index contributed by atoms with van der Waals surface area (Å²) in [5, 5.41) is 0. The minimum atomic E-state index is -0.257. The summed E-state index contributed by atoms with van der Waals surface area (Å²) in [5.41, 5.74) is 1.06. The van der Waals surface area contributed by atoms with Crippen LogP contribution in [-0.2, 0) is 4.79 Å². The van der Waals surface area contributed by atoms with Crippen molar-refractivity contribution in [3.05, 3.63) is 66.0 Å². The van der Waals surface area contributed by atoms with Gasteiger partial charge in [-0.3, -0.25) is 14.6 Å². The fourth-order valence-electron chi connectivity index (χ4n) is 3.41. The van der Waals surface area contributed by atoms with Crippen molar-refractivity contribution in [3.63, 3.8) is 0 Å². The molecule has 3 rings (SSSR count). The van der Waals surface area contributed by atoms with E-state index in [2.05, 4.69) is 9.80 Å². The molecule has 1 unspecified atom stereocenters. The largest absolute Gasteiger partial charge is 0.492 e. The fraction of sp³-hybridized carbons (Fsp3) is 0.381. The quantitative estimate of drug-likeness (QED) is 0.721. The lowest BCUT2D eigenvalue weighted by atomic mass is 10.0. The van der Waals surface area contributed by atoms with Crippen LogP contribution in [0.3, 0.4) is 0 Å². The normalized spacial score (nSPS) is 16.4. The van der Waals surface area contributed by atoms with Crippen LogP contribution < -0.4 is 4.74 Å². The summed E-state index contributed by atoms with van der Waals surface area (Å²) < 4.78 is 18.6. The summed E-state index contributed by atoms with van der Waals surface area (Å²) in [6.07, 6.45) is 0. The average Bonchev–Trinajstić information content (AvgIpc) is 2.65. The van der Waals surface area contributed by atoms with Gasteiger partial charge in [-0.15, -0.1) is 12.4 Å². The lowest BCUT2D eigenvalue weighted by molar-refractivity contribution is -0.123. The first-order chi connectivity index (χ1) is 12.6. The fourth-order valence-corrected chi connectivity index (χ4v) is 3.41. The first-order valence-corrected chi connectivity index (χ1v) is 9.03. The van der Waals surface area contributed by atoms with E-state index in [0.717, 1.165) is 38.3 Å². The molecule has 0 radical (unpaired) electrons. The number of piperazine rings is 1. The van der Waals surface area contributed by atoms with Crippen molar-refractivity contribution in [3.8, 4) is 5.75 Å². The van der Waals surface area contributed by atoms with Crippen LogP contribution in [0.4, 0.5) is 4.39 Å². The summed E-state index contributed by atoms with van der Waals surface area (Å²) in [6.45, 7) is 6.58. The molecule has 6 heteroatoms. The zero-order chi connectivity index (χ0) is 18.4. The van der Waals surface area contributed by atoms with Crippen molar-refractivity contribution in [1.82, 2.24) is 9.80 Å². The Labute approximate surface area is 166 Å². The van der Waals surface area contributed by atoms with E-state index in [0.29, 0.717) is 12.4 Å². The highest BCUT2D eigenvalue weighted by molar-refractivity contribution is 5.85. The molecule has 0 aliphatic carbocycles. The van der Waals surface area contributed by atoms with Gasteiger partial charge in [0.2, 0.25) is 0 Å². The zero-order valence-corrected chi connectivity index (χ0v) is 16.3. The number of nitrogens with zero attached hydrogens (tertiary/aromatic N) is 2. The van der Waals surface area contributed by atoms with Crippen molar-refractivity contribution in [2.45, 2.75) is 13.0 Å². The molecule has 0 bridgehead atoms. The number of carbonyl (C=O) groups is 1. The van der Waals surface area contributed by atoms with Gasteiger partial charge in [0, 0.05) is 32.7 Å². The summed E-state index contributed by atoms with van der Waals surface area (Å²) in [6, 6.07) is 15.9. The topological polar surface area (TPSA) is 32.8 Å². The molecule has 2 aromatic rings. The molecule has 1 aliphatic heterocycles. The number of hydrogen-bond acceptors (Lipinski definition) is 4. The van der Waals surface area contributed by atoms with Crippen LogP contribution in [0.1, 0.15) is 18.5 Å². The van der Waals surface area contributed by atoms with Crippen LogP contribution in [-0.4, -0.2) is 54.9 Å². The lowest BCUT2D eigenvalue weighted by Gasteiger charge is -2.38. The van der Waals surface area contributed by atoms with Crippen molar-refractivity contribution in [1.29, 1.82) is 0 Å². The molecule has 1 aliphatic rings. The van der Waals surface area contributed by atoms with Gasteiger partial charge in [0.25, 0.3) is 0 Å². The van der Waals surface area contributed by atoms with Crippen LogP contribution >= 0.6 is 12.4 Å². The van der Waals surface area contributed by atoms with E-state index in [-0.39, 0.29) is 30.0 Å². The van der Waals surface area contributed by atoms with E-state index < -0.39 is 0 Å². The Hall–Kier alpha value is -1.95. The highest BCUT2D eigenvalue weighted by atomic mass is 35.5. The second kappa shape index (κ2) is 10.4. The number of hydrogen-bond donors (Lipinski definition) is 0. The summed E-state index contributed by atoms with van der Waals surface area (Å²) in [5.74, 6) is 0.613. The Bertz CT molecular complexity index is 704. The smallest absolute Gasteiger partial charge is 0.151 e. The molecular formula is C21H26ClFN2O2. The SMILES string of the molecule is CC(=O)C(c1ccccc1)N1CCN(CCOc2ccc(F)cc2)CC1.Cl. The van der Waals surface area contributed by atoms with Crippen molar-refractivity contribution < 1.29 is 13.9 Å². The van der Waals surface area contributed by atoms with E-state index in [1.165, 1.54) is 12.1 Å². The van der Waals surface area contributed by atoms with E-state index >= 15 is 0 Å². The summed E-state index contributed by atoms with van der Waals surface area (Å²) >= 11 is 0. The van der Waals surface area contributed by atoms with Gasteiger partial charge in [0.15, 0.2) is 5.78 Å². The molecule has 1 atom stereocenters. The highest BCUT2D eigenvalue weighted by Crippen LogP contribution is 2.23. The summed E-state index contributed by atoms with van der Waals surface area (Å²) in [7, 11) is 0. The number of ketones is 1. The van der Waals surface area contributed by atoms with Gasteiger partial charge in [-0.2, -0.15) is 0 Å². The van der Waals surface area contributed by atoms with Crippen LogP contribution in [0.25, 0.3) is 0 Å². The summed E-state index contributed by atoms with van der Waals surface area (Å²) in [4.78, 5) is 16.8. The molecular weight excluding hydrogens is 367 g/mol. The van der Waals surface area contributed by atoms with Gasteiger partial charge < -0.3 is 4.74 Å². The van der Waals surface area contributed by atoms with Crippen molar-refractivity contribution >= 4 is 18.2 Å². The number of rotatable bonds is 7. The Morgan fingerprint density at radius 2 is 1.67 bits per heavy atom. The molecule has 27 heavy (non-hydrogen) atoms.